The Morgan fingerprint density at radius 1 is 1.13 bits per heavy atom. The maximum atomic E-state index is 11.6. The predicted molar refractivity (Wildman–Crippen MR) is 123 cm³/mol. The van der Waals surface area contributed by atoms with Crippen molar-refractivity contribution < 1.29 is 9.84 Å². The summed E-state index contributed by atoms with van der Waals surface area (Å²) in [5.74, 6) is 0.829. The minimum absolute atomic E-state index is 0.0225. The second-order valence-electron chi connectivity index (χ2n) is 10.4. The Morgan fingerprint density at radius 2 is 1.81 bits per heavy atom. The summed E-state index contributed by atoms with van der Waals surface area (Å²) in [6.45, 7) is 7.68. The molecule has 2 fully saturated rings. The number of hydrogen-bond donors (Lipinski definition) is 2. The van der Waals surface area contributed by atoms with Crippen molar-refractivity contribution in [1.29, 1.82) is 0 Å². The van der Waals surface area contributed by atoms with Gasteiger partial charge in [0.2, 0.25) is 0 Å². The molecule has 164 valence electrons. The van der Waals surface area contributed by atoms with Crippen LogP contribution in [0.2, 0.25) is 0 Å². The monoisotopic (exact) mass is 419 g/mol. The number of rotatable bonds is 4. The molecule has 0 radical (unpaired) electrons. The summed E-state index contributed by atoms with van der Waals surface area (Å²) in [6.07, 6.45) is 5.71. The van der Waals surface area contributed by atoms with E-state index in [0.29, 0.717) is 12.1 Å². The molecule has 5 nitrogen and oxygen atoms in total. The molecule has 2 saturated heterocycles. The first-order valence-corrected chi connectivity index (χ1v) is 11.4. The van der Waals surface area contributed by atoms with Gasteiger partial charge in [-0.1, -0.05) is 32.9 Å². The van der Waals surface area contributed by atoms with E-state index in [9.17, 15) is 5.11 Å². The van der Waals surface area contributed by atoms with Crippen LogP contribution in [0.15, 0.2) is 42.6 Å². The number of fused-ring (bicyclic) bond motifs is 3. The van der Waals surface area contributed by atoms with Crippen LogP contribution in [-0.4, -0.2) is 39.2 Å². The SMILES string of the molecule is COc1ccc(C2(O)C[C@H]3CC[C@H](C2)N3Cc2c(C(C)(C)C)[nH]c3ncccc23)cc1. The van der Waals surface area contributed by atoms with Gasteiger partial charge >= 0.3 is 0 Å². The van der Waals surface area contributed by atoms with Gasteiger partial charge in [0.15, 0.2) is 0 Å². The van der Waals surface area contributed by atoms with Gasteiger partial charge < -0.3 is 14.8 Å². The highest BCUT2D eigenvalue weighted by molar-refractivity contribution is 5.81. The summed E-state index contributed by atoms with van der Waals surface area (Å²) in [5.41, 5.74) is 3.88. The molecule has 3 aromatic rings. The van der Waals surface area contributed by atoms with Gasteiger partial charge in [0.1, 0.15) is 11.4 Å². The lowest BCUT2D eigenvalue weighted by atomic mass is 9.80. The smallest absolute Gasteiger partial charge is 0.137 e. The molecule has 0 amide bonds. The number of benzene rings is 1. The average Bonchev–Trinajstić information content (AvgIpc) is 3.24. The fourth-order valence-corrected chi connectivity index (χ4v) is 5.78. The van der Waals surface area contributed by atoms with Crippen molar-refractivity contribution in [3.63, 3.8) is 0 Å². The molecule has 2 aliphatic heterocycles. The highest BCUT2D eigenvalue weighted by Crippen LogP contribution is 2.47. The number of ether oxygens (including phenoxy) is 1. The van der Waals surface area contributed by atoms with E-state index in [-0.39, 0.29) is 5.41 Å². The van der Waals surface area contributed by atoms with E-state index in [2.05, 4.69) is 41.7 Å². The van der Waals surface area contributed by atoms with Crippen molar-refractivity contribution in [2.24, 2.45) is 0 Å². The van der Waals surface area contributed by atoms with Crippen LogP contribution in [-0.2, 0) is 17.6 Å². The van der Waals surface area contributed by atoms with Crippen molar-refractivity contribution in [3.05, 3.63) is 59.4 Å². The van der Waals surface area contributed by atoms with Gasteiger partial charge in [-0.3, -0.25) is 4.90 Å². The number of nitrogens with one attached hydrogen (secondary N) is 1. The minimum Gasteiger partial charge on any atom is -0.497 e. The topological polar surface area (TPSA) is 61.4 Å². The highest BCUT2D eigenvalue weighted by atomic mass is 16.5. The number of piperidine rings is 1. The van der Waals surface area contributed by atoms with Gasteiger partial charge in [0, 0.05) is 41.3 Å². The number of hydrogen-bond acceptors (Lipinski definition) is 4. The maximum Gasteiger partial charge on any atom is 0.137 e. The quantitative estimate of drug-likeness (QED) is 0.632. The lowest BCUT2D eigenvalue weighted by molar-refractivity contribution is -0.0595. The van der Waals surface area contributed by atoms with E-state index in [0.717, 1.165) is 49.2 Å². The standard InChI is InChI=1S/C26H33N3O2/c1-25(2,3)23-22(21-6-5-13-27-24(21)28-23)16-29-18-9-10-19(29)15-26(30,14-18)17-7-11-20(31-4)12-8-17/h5-8,11-13,18-19,30H,9-10,14-16H2,1-4H3,(H,27,28)/t18-,19-/m1/s1. The van der Waals surface area contributed by atoms with Gasteiger partial charge in [0.05, 0.1) is 12.7 Å². The largest absolute Gasteiger partial charge is 0.497 e. The highest BCUT2D eigenvalue weighted by Gasteiger charge is 2.48. The summed E-state index contributed by atoms with van der Waals surface area (Å²) in [6, 6.07) is 12.9. The minimum atomic E-state index is -0.761. The molecule has 2 atom stereocenters. The van der Waals surface area contributed by atoms with Crippen LogP contribution in [0.25, 0.3) is 11.0 Å². The third-order valence-corrected chi connectivity index (χ3v) is 7.31. The molecule has 5 rings (SSSR count). The second kappa shape index (κ2) is 7.35. The number of H-pyrrole nitrogens is 1. The Bertz CT molecular complexity index is 1070. The zero-order chi connectivity index (χ0) is 21.8. The van der Waals surface area contributed by atoms with Gasteiger partial charge in [-0.25, -0.2) is 4.98 Å². The summed E-state index contributed by atoms with van der Waals surface area (Å²) in [7, 11) is 1.68. The summed E-state index contributed by atoms with van der Waals surface area (Å²) in [4.78, 5) is 10.8. The summed E-state index contributed by atoms with van der Waals surface area (Å²) in [5, 5.41) is 12.8. The lowest BCUT2D eigenvalue weighted by Crippen LogP contribution is -2.49. The Morgan fingerprint density at radius 3 is 2.42 bits per heavy atom. The van der Waals surface area contributed by atoms with E-state index in [1.54, 1.807) is 7.11 Å². The van der Waals surface area contributed by atoms with Crippen molar-refractivity contribution in [2.45, 2.75) is 76.1 Å². The van der Waals surface area contributed by atoms with Crippen molar-refractivity contribution >= 4 is 11.0 Å². The molecule has 31 heavy (non-hydrogen) atoms. The fourth-order valence-electron chi connectivity index (χ4n) is 5.78. The molecule has 5 heteroatoms. The molecule has 2 bridgehead atoms. The Hall–Kier alpha value is -2.37. The van der Waals surface area contributed by atoms with Crippen LogP contribution in [0.3, 0.4) is 0 Å². The molecule has 0 saturated carbocycles. The Labute approximate surface area is 184 Å². The molecular weight excluding hydrogens is 386 g/mol. The van der Waals surface area contributed by atoms with Crippen molar-refractivity contribution in [3.8, 4) is 5.75 Å². The van der Waals surface area contributed by atoms with Crippen LogP contribution in [0.4, 0.5) is 0 Å². The third kappa shape index (κ3) is 3.54. The predicted octanol–water partition coefficient (Wildman–Crippen LogP) is 4.88. The number of aliphatic hydroxyl groups is 1. The number of aromatic nitrogens is 2. The van der Waals surface area contributed by atoms with Gasteiger partial charge in [0.25, 0.3) is 0 Å². The van der Waals surface area contributed by atoms with E-state index in [1.807, 2.05) is 36.5 Å². The van der Waals surface area contributed by atoms with E-state index in [4.69, 9.17) is 4.74 Å². The molecule has 2 aliphatic rings. The molecule has 0 aliphatic carbocycles. The number of aromatic amines is 1. The molecule has 2 aromatic heterocycles. The zero-order valence-corrected chi connectivity index (χ0v) is 19.0. The van der Waals surface area contributed by atoms with Crippen LogP contribution in [0.1, 0.15) is 63.3 Å². The van der Waals surface area contributed by atoms with E-state index >= 15 is 0 Å². The number of pyridine rings is 1. The normalized spacial score (nSPS) is 26.5. The maximum absolute atomic E-state index is 11.6. The van der Waals surface area contributed by atoms with Crippen molar-refractivity contribution in [1.82, 2.24) is 14.9 Å². The molecule has 0 unspecified atom stereocenters. The van der Waals surface area contributed by atoms with Gasteiger partial charge in [-0.2, -0.15) is 0 Å². The van der Waals surface area contributed by atoms with Crippen LogP contribution in [0, 0.1) is 0 Å². The average molecular weight is 420 g/mol. The third-order valence-electron chi connectivity index (χ3n) is 7.31. The first kappa shape index (κ1) is 20.5. The Balaban J connectivity index is 1.44. The Kier molecular flexibility index (Phi) is 4.87. The first-order valence-electron chi connectivity index (χ1n) is 11.4. The second-order valence-corrected chi connectivity index (χ2v) is 10.4. The molecule has 0 spiro atoms. The molecule has 4 heterocycles. The first-order chi connectivity index (χ1) is 14.8. The van der Waals surface area contributed by atoms with Crippen molar-refractivity contribution in [2.75, 3.05) is 7.11 Å². The molecule has 1 aromatic carbocycles. The summed E-state index contributed by atoms with van der Waals surface area (Å²) < 4.78 is 5.30. The molecular formula is C26H33N3O2. The summed E-state index contributed by atoms with van der Waals surface area (Å²) >= 11 is 0. The lowest BCUT2D eigenvalue weighted by Gasteiger charge is -2.44. The van der Waals surface area contributed by atoms with Gasteiger partial charge in [-0.15, -0.1) is 0 Å². The number of methoxy groups -OCH3 is 1. The van der Waals surface area contributed by atoms with Gasteiger partial charge in [-0.05, 0) is 61.1 Å². The van der Waals surface area contributed by atoms with Crippen LogP contribution < -0.4 is 4.74 Å². The van der Waals surface area contributed by atoms with E-state index < -0.39 is 5.60 Å². The van der Waals surface area contributed by atoms with Crippen LogP contribution >= 0.6 is 0 Å². The fraction of sp³-hybridized carbons (Fsp3) is 0.500. The number of nitrogens with zero attached hydrogens (tertiary/aromatic N) is 2. The van der Waals surface area contributed by atoms with Crippen LogP contribution in [0.5, 0.6) is 5.75 Å². The zero-order valence-electron chi connectivity index (χ0n) is 19.0. The van der Waals surface area contributed by atoms with E-state index in [1.165, 1.54) is 16.6 Å². The molecule has 2 N–H and O–H groups in total.